The zero-order valence-corrected chi connectivity index (χ0v) is 20.3. The predicted molar refractivity (Wildman–Crippen MR) is 129 cm³/mol. The Morgan fingerprint density at radius 3 is 2.10 bits per heavy atom. The highest BCUT2D eigenvalue weighted by atomic mass is 127. The second kappa shape index (κ2) is 14.2. The van der Waals surface area contributed by atoms with Crippen molar-refractivity contribution in [1.29, 1.82) is 0 Å². The lowest BCUT2D eigenvalue weighted by molar-refractivity contribution is -0.117. The third-order valence-corrected chi connectivity index (χ3v) is 4.31. The minimum absolute atomic E-state index is 0. The van der Waals surface area contributed by atoms with Gasteiger partial charge in [0.1, 0.15) is 0 Å². The molecule has 0 unspecified atom stereocenters. The molecule has 1 aromatic carbocycles. The van der Waals surface area contributed by atoms with Gasteiger partial charge in [-0.25, -0.2) is 0 Å². The number of aliphatic imine (C=N–C) groups is 1. The monoisotopic (exact) mass is 518 g/mol. The van der Waals surface area contributed by atoms with Gasteiger partial charge in [-0.05, 0) is 45.4 Å². The average molecular weight is 518 g/mol. The SMILES string of the molecule is CN=C(NCCN(C(C)C)C(C)C)NCc1ccc(C(=O)NCC(N)=O)cc1.I. The number of hydrogen-bond donors (Lipinski definition) is 4. The molecule has 9 heteroatoms. The summed E-state index contributed by atoms with van der Waals surface area (Å²) in [6, 6.07) is 8.14. The highest BCUT2D eigenvalue weighted by molar-refractivity contribution is 14.0. The number of nitrogens with two attached hydrogens (primary N) is 1. The first-order chi connectivity index (χ1) is 13.2. The molecule has 2 amide bonds. The molecule has 8 nitrogen and oxygen atoms in total. The van der Waals surface area contributed by atoms with Gasteiger partial charge in [0.15, 0.2) is 5.96 Å². The molecule has 0 aliphatic rings. The van der Waals surface area contributed by atoms with Gasteiger partial charge < -0.3 is 21.7 Å². The van der Waals surface area contributed by atoms with E-state index in [1.54, 1.807) is 19.2 Å². The van der Waals surface area contributed by atoms with E-state index < -0.39 is 5.91 Å². The van der Waals surface area contributed by atoms with Gasteiger partial charge in [0, 0.05) is 44.3 Å². The fourth-order valence-electron chi connectivity index (χ4n) is 2.87. The summed E-state index contributed by atoms with van der Waals surface area (Å²) in [6.45, 7) is 10.9. The lowest BCUT2D eigenvalue weighted by Gasteiger charge is -2.30. The van der Waals surface area contributed by atoms with Crippen molar-refractivity contribution in [3.63, 3.8) is 0 Å². The van der Waals surface area contributed by atoms with E-state index in [0.717, 1.165) is 24.6 Å². The highest BCUT2D eigenvalue weighted by Gasteiger charge is 2.12. The highest BCUT2D eigenvalue weighted by Crippen LogP contribution is 2.05. The van der Waals surface area contributed by atoms with Gasteiger partial charge in [-0.1, -0.05) is 12.1 Å². The minimum Gasteiger partial charge on any atom is -0.368 e. The molecule has 1 aromatic rings. The number of carbonyl (C=O) groups excluding carboxylic acids is 2. The molecular formula is C20H35IN6O2. The third-order valence-electron chi connectivity index (χ3n) is 4.31. The normalized spacial score (nSPS) is 11.4. The van der Waals surface area contributed by atoms with E-state index >= 15 is 0 Å². The van der Waals surface area contributed by atoms with Crippen LogP contribution in [-0.4, -0.2) is 61.4 Å². The van der Waals surface area contributed by atoms with Gasteiger partial charge in [-0.3, -0.25) is 19.5 Å². The molecule has 5 N–H and O–H groups in total. The van der Waals surface area contributed by atoms with Crippen molar-refractivity contribution in [3.05, 3.63) is 35.4 Å². The van der Waals surface area contributed by atoms with Crippen molar-refractivity contribution in [1.82, 2.24) is 20.9 Å². The Kier molecular flexibility index (Phi) is 13.2. The Hall–Kier alpha value is -1.88. The van der Waals surface area contributed by atoms with Crippen LogP contribution in [0, 0.1) is 0 Å². The van der Waals surface area contributed by atoms with Gasteiger partial charge in [0.2, 0.25) is 5.91 Å². The second-order valence-corrected chi connectivity index (χ2v) is 7.12. The first kappa shape index (κ1) is 27.1. The molecule has 0 aromatic heterocycles. The summed E-state index contributed by atoms with van der Waals surface area (Å²) in [6.07, 6.45) is 0. The molecule has 0 aliphatic carbocycles. The first-order valence-corrected chi connectivity index (χ1v) is 9.60. The lowest BCUT2D eigenvalue weighted by atomic mass is 10.1. The van der Waals surface area contributed by atoms with Crippen molar-refractivity contribution >= 4 is 41.8 Å². The number of carbonyl (C=O) groups is 2. The van der Waals surface area contributed by atoms with Gasteiger partial charge in [0.05, 0.1) is 6.54 Å². The van der Waals surface area contributed by atoms with Crippen LogP contribution in [0.25, 0.3) is 0 Å². The Morgan fingerprint density at radius 2 is 1.62 bits per heavy atom. The van der Waals surface area contributed by atoms with Crippen molar-refractivity contribution in [2.24, 2.45) is 10.7 Å². The largest absolute Gasteiger partial charge is 0.368 e. The van der Waals surface area contributed by atoms with Crippen LogP contribution in [-0.2, 0) is 11.3 Å². The molecule has 0 saturated heterocycles. The molecule has 29 heavy (non-hydrogen) atoms. The Labute approximate surface area is 191 Å². The van der Waals surface area contributed by atoms with Crippen LogP contribution in [0.3, 0.4) is 0 Å². The molecule has 0 bridgehead atoms. The lowest BCUT2D eigenvalue weighted by Crippen LogP contribution is -2.45. The standard InChI is InChI=1S/C20H34N6O2.HI/c1-14(2)26(15(3)4)11-10-23-20(22-5)25-12-16-6-8-17(9-7-16)19(28)24-13-18(21)27;/h6-9,14-15H,10-13H2,1-5H3,(H2,21,27)(H,24,28)(H2,22,23,25);1H. The van der Waals surface area contributed by atoms with Crippen LogP contribution in [0.5, 0.6) is 0 Å². The zero-order chi connectivity index (χ0) is 21.1. The van der Waals surface area contributed by atoms with E-state index in [-0.39, 0.29) is 36.4 Å². The molecule has 0 radical (unpaired) electrons. The fraction of sp³-hybridized carbons (Fsp3) is 0.550. The number of benzene rings is 1. The van der Waals surface area contributed by atoms with E-state index in [1.165, 1.54) is 0 Å². The Morgan fingerprint density at radius 1 is 1.03 bits per heavy atom. The van der Waals surface area contributed by atoms with E-state index in [0.29, 0.717) is 24.2 Å². The fourth-order valence-corrected chi connectivity index (χ4v) is 2.87. The van der Waals surface area contributed by atoms with Crippen LogP contribution in [0.4, 0.5) is 0 Å². The van der Waals surface area contributed by atoms with Crippen LogP contribution in [0.2, 0.25) is 0 Å². The molecule has 0 spiro atoms. The quantitative estimate of drug-likeness (QED) is 0.212. The van der Waals surface area contributed by atoms with Crippen molar-refractivity contribution < 1.29 is 9.59 Å². The van der Waals surface area contributed by atoms with E-state index in [4.69, 9.17) is 5.73 Å². The number of guanidine groups is 1. The molecule has 0 fully saturated rings. The Balaban J connectivity index is 0.00000784. The maximum atomic E-state index is 11.9. The smallest absolute Gasteiger partial charge is 0.251 e. The summed E-state index contributed by atoms with van der Waals surface area (Å²) < 4.78 is 0. The predicted octanol–water partition coefficient (Wildman–Crippen LogP) is 1.30. The molecule has 0 aliphatic heterocycles. The van der Waals surface area contributed by atoms with Gasteiger partial charge in [-0.2, -0.15) is 0 Å². The molecule has 0 atom stereocenters. The van der Waals surface area contributed by atoms with E-state index in [2.05, 4.69) is 53.5 Å². The van der Waals surface area contributed by atoms with Gasteiger partial charge >= 0.3 is 0 Å². The van der Waals surface area contributed by atoms with Crippen LogP contribution >= 0.6 is 24.0 Å². The molecular weight excluding hydrogens is 483 g/mol. The number of nitrogens with zero attached hydrogens (tertiary/aromatic N) is 2. The maximum absolute atomic E-state index is 11.9. The van der Waals surface area contributed by atoms with Crippen LogP contribution in [0.1, 0.15) is 43.6 Å². The number of hydrogen-bond acceptors (Lipinski definition) is 4. The van der Waals surface area contributed by atoms with Crippen molar-refractivity contribution in [2.75, 3.05) is 26.7 Å². The summed E-state index contributed by atoms with van der Waals surface area (Å²) in [4.78, 5) is 29.3. The third kappa shape index (κ3) is 10.5. The zero-order valence-electron chi connectivity index (χ0n) is 18.0. The second-order valence-electron chi connectivity index (χ2n) is 7.12. The summed E-state index contributed by atoms with van der Waals surface area (Å²) in [5, 5.41) is 9.05. The average Bonchev–Trinajstić information content (AvgIpc) is 2.65. The minimum atomic E-state index is -0.571. The Bertz CT molecular complexity index is 653. The molecule has 0 heterocycles. The molecule has 164 valence electrons. The maximum Gasteiger partial charge on any atom is 0.251 e. The topological polar surface area (TPSA) is 112 Å². The van der Waals surface area contributed by atoms with Gasteiger partial charge in [-0.15, -0.1) is 24.0 Å². The number of primary amides is 1. The number of amides is 2. The van der Waals surface area contributed by atoms with Crippen LogP contribution < -0.4 is 21.7 Å². The number of halogens is 1. The van der Waals surface area contributed by atoms with Crippen molar-refractivity contribution in [2.45, 2.75) is 46.3 Å². The first-order valence-electron chi connectivity index (χ1n) is 9.60. The van der Waals surface area contributed by atoms with Crippen LogP contribution in [0.15, 0.2) is 29.3 Å². The van der Waals surface area contributed by atoms with Gasteiger partial charge in [0.25, 0.3) is 5.91 Å². The summed E-state index contributed by atoms with van der Waals surface area (Å²) in [7, 11) is 1.74. The summed E-state index contributed by atoms with van der Waals surface area (Å²) in [5.74, 6) is -0.163. The number of rotatable bonds is 10. The summed E-state index contributed by atoms with van der Waals surface area (Å²) >= 11 is 0. The molecule has 0 saturated carbocycles. The molecule has 1 rings (SSSR count). The van der Waals surface area contributed by atoms with E-state index in [1.807, 2.05) is 12.1 Å². The number of nitrogens with one attached hydrogen (secondary N) is 3. The van der Waals surface area contributed by atoms with Crippen molar-refractivity contribution in [3.8, 4) is 0 Å². The van der Waals surface area contributed by atoms with E-state index in [9.17, 15) is 9.59 Å². The summed E-state index contributed by atoms with van der Waals surface area (Å²) in [5.41, 5.74) is 6.52.